The molecule has 1 aliphatic rings. The first-order valence-electron chi connectivity index (χ1n) is 8.61. The summed E-state index contributed by atoms with van der Waals surface area (Å²) >= 11 is 7.02. The summed E-state index contributed by atoms with van der Waals surface area (Å²) in [4.78, 5) is 25.7. The Kier molecular flexibility index (Phi) is 4.91. The number of carbonyl (C=O) groups excluding carboxylic acids is 2. The number of phenols is 1. The number of rotatable bonds is 3. The topological polar surface area (TPSA) is 101 Å². The quantitative estimate of drug-likeness (QED) is 0.540. The molecule has 2 N–H and O–H groups in total. The first-order valence-corrected chi connectivity index (χ1v) is 11.7. The number of alkyl halides is 1. The molecule has 1 unspecified atom stereocenters. The van der Waals surface area contributed by atoms with Gasteiger partial charge in [-0.15, -0.1) is 11.3 Å². The molecule has 6 nitrogen and oxygen atoms in total. The molecule has 2 heterocycles. The summed E-state index contributed by atoms with van der Waals surface area (Å²) in [7, 11) is -3.58. The van der Waals surface area contributed by atoms with Crippen LogP contribution >= 0.6 is 22.9 Å². The summed E-state index contributed by atoms with van der Waals surface area (Å²) in [5.74, 6) is -3.74. The molecular formula is C20H12ClF2NO5S2. The van der Waals surface area contributed by atoms with Crippen molar-refractivity contribution >= 4 is 49.5 Å². The Bertz CT molecular complexity index is 1370. The lowest BCUT2D eigenvalue weighted by molar-refractivity contribution is -0.125. The van der Waals surface area contributed by atoms with Gasteiger partial charge in [0.1, 0.15) is 20.9 Å². The second kappa shape index (κ2) is 7.11. The standard InChI is InChI=1S/C20H12ClF2NO5S2/c1-31(28,29)11-5-2-9(3-6-11)20(23)16(26)15-14(12-7-4-10(22)8-13(12)25)17(21)30-18(15)24-19(20)27/h2-8,25H,1H3,(H,24,27). The summed E-state index contributed by atoms with van der Waals surface area (Å²) in [6, 6.07) is 7.31. The number of amides is 1. The minimum Gasteiger partial charge on any atom is -0.507 e. The Morgan fingerprint density at radius 3 is 2.32 bits per heavy atom. The molecule has 1 aliphatic heterocycles. The highest BCUT2D eigenvalue weighted by Gasteiger charge is 2.54. The first-order chi connectivity index (χ1) is 14.4. The lowest BCUT2D eigenvalue weighted by atomic mass is 9.83. The minimum atomic E-state index is -3.58. The number of anilines is 1. The highest BCUT2D eigenvalue weighted by atomic mass is 35.5. The van der Waals surface area contributed by atoms with Crippen molar-refractivity contribution < 1.29 is 31.9 Å². The third kappa shape index (κ3) is 3.31. The monoisotopic (exact) mass is 483 g/mol. The molecule has 1 amide bonds. The van der Waals surface area contributed by atoms with E-state index in [-0.39, 0.29) is 36.5 Å². The summed E-state index contributed by atoms with van der Waals surface area (Å²) in [5, 5.41) is 12.4. The number of Topliss-reactive ketones (excluding diaryl/α,β-unsaturated/α-hetero) is 1. The molecule has 11 heteroatoms. The highest BCUT2D eigenvalue weighted by Crippen LogP contribution is 2.51. The summed E-state index contributed by atoms with van der Waals surface area (Å²) in [6.45, 7) is 0. The predicted octanol–water partition coefficient (Wildman–Crippen LogP) is 4.32. The van der Waals surface area contributed by atoms with E-state index >= 15 is 4.39 Å². The van der Waals surface area contributed by atoms with Gasteiger partial charge in [-0.3, -0.25) is 9.59 Å². The zero-order chi connectivity index (χ0) is 22.7. The van der Waals surface area contributed by atoms with Gasteiger partial charge in [-0.25, -0.2) is 17.2 Å². The van der Waals surface area contributed by atoms with Crippen LogP contribution in [-0.4, -0.2) is 31.5 Å². The number of phenolic OH excluding ortho intramolecular Hbond substituents is 1. The van der Waals surface area contributed by atoms with Crippen molar-refractivity contribution in [3.05, 3.63) is 63.7 Å². The van der Waals surface area contributed by atoms with Gasteiger partial charge in [0.25, 0.3) is 11.6 Å². The molecule has 0 spiro atoms. The number of aromatic hydroxyl groups is 1. The van der Waals surface area contributed by atoms with Crippen molar-refractivity contribution in [3.63, 3.8) is 0 Å². The Morgan fingerprint density at radius 1 is 1.10 bits per heavy atom. The van der Waals surface area contributed by atoms with E-state index in [0.29, 0.717) is 0 Å². The minimum absolute atomic E-state index is 0.0110. The molecule has 0 bridgehead atoms. The van der Waals surface area contributed by atoms with Gasteiger partial charge in [-0.05, 0) is 24.3 Å². The Morgan fingerprint density at radius 2 is 1.74 bits per heavy atom. The summed E-state index contributed by atoms with van der Waals surface area (Å²) < 4.78 is 52.7. The van der Waals surface area contributed by atoms with Crippen LogP contribution < -0.4 is 5.32 Å². The third-order valence-corrected chi connectivity index (χ3v) is 7.30. The van der Waals surface area contributed by atoms with Crippen molar-refractivity contribution in [1.82, 2.24) is 0 Å². The molecule has 2 aromatic carbocycles. The molecule has 0 saturated heterocycles. The Balaban J connectivity index is 1.89. The fourth-order valence-electron chi connectivity index (χ4n) is 3.32. The number of benzene rings is 2. The number of carbonyl (C=O) groups is 2. The molecule has 0 fully saturated rings. The zero-order valence-electron chi connectivity index (χ0n) is 15.6. The van der Waals surface area contributed by atoms with E-state index < -0.39 is 38.8 Å². The number of nitrogens with one attached hydrogen (secondary N) is 1. The van der Waals surface area contributed by atoms with E-state index in [1.807, 2.05) is 0 Å². The summed E-state index contributed by atoms with van der Waals surface area (Å²) in [6.07, 6.45) is 0.965. The van der Waals surface area contributed by atoms with Crippen LogP contribution in [0.3, 0.4) is 0 Å². The maximum Gasteiger partial charge on any atom is 0.275 e. The maximum atomic E-state index is 16.0. The molecule has 4 rings (SSSR count). The predicted molar refractivity (Wildman–Crippen MR) is 112 cm³/mol. The average molecular weight is 484 g/mol. The van der Waals surface area contributed by atoms with E-state index in [1.165, 1.54) is 6.07 Å². The van der Waals surface area contributed by atoms with Gasteiger partial charge < -0.3 is 10.4 Å². The summed E-state index contributed by atoms with van der Waals surface area (Å²) in [5.41, 5.74) is -3.87. The number of ketones is 1. The van der Waals surface area contributed by atoms with Crippen molar-refractivity contribution in [2.75, 3.05) is 11.6 Å². The molecule has 1 aromatic heterocycles. The lowest BCUT2D eigenvalue weighted by Crippen LogP contribution is -2.47. The first kappa shape index (κ1) is 21.4. The molecule has 0 saturated carbocycles. The third-order valence-electron chi connectivity index (χ3n) is 4.85. The van der Waals surface area contributed by atoms with E-state index in [9.17, 15) is 27.5 Å². The number of hydrogen-bond donors (Lipinski definition) is 2. The average Bonchev–Trinajstić information content (AvgIpc) is 3.01. The molecular weight excluding hydrogens is 472 g/mol. The van der Waals surface area contributed by atoms with Crippen molar-refractivity contribution in [1.29, 1.82) is 0 Å². The lowest BCUT2D eigenvalue weighted by Gasteiger charge is -2.28. The van der Waals surface area contributed by atoms with E-state index in [2.05, 4.69) is 5.32 Å². The Hall–Kier alpha value is -2.82. The maximum absolute atomic E-state index is 16.0. The number of sulfone groups is 1. The molecule has 0 aliphatic carbocycles. The Labute approximate surface area is 184 Å². The fourth-order valence-corrected chi connectivity index (χ4v) is 5.32. The molecule has 3 aromatic rings. The van der Waals surface area contributed by atoms with Gasteiger partial charge in [-0.2, -0.15) is 0 Å². The van der Waals surface area contributed by atoms with Crippen LogP contribution in [0.25, 0.3) is 11.1 Å². The van der Waals surface area contributed by atoms with E-state index in [4.69, 9.17) is 11.6 Å². The SMILES string of the molecule is CS(=O)(=O)c1ccc(C2(F)C(=O)Nc3sc(Cl)c(-c4ccc(F)cc4O)c3C2=O)cc1. The van der Waals surface area contributed by atoms with Crippen LogP contribution in [0.1, 0.15) is 15.9 Å². The molecule has 160 valence electrons. The van der Waals surface area contributed by atoms with Gasteiger partial charge in [-0.1, -0.05) is 23.7 Å². The van der Waals surface area contributed by atoms with Gasteiger partial charge in [0, 0.05) is 29.0 Å². The number of thiophene rings is 1. The van der Waals surface area contributed by atoms with Crippen molar-refractivity contribution in [2.24, 2.45) is 0 Å². The molecule has 1 atom stereocenters. The second-order valence-corrected chi connectivity index (χ2v) is 10.5. The second-order valence-electron chi connectivity index (χ2n) is 6.85. The van der Waals surface area contributed by atoms with Gasteiger partial charge in [0.05, 0.1) is 10.5 Å². The number of hydrogen-bond acceptors (Lipinski definition) is 6. The van der Waals surface area contributed by atoms with Crippen LogP contribution in [0.2, 0.25) is 4.34 Å². The zero-order valence-corrected chi connectivity index (χ0v) is 18.0. The fraction of sp³-hybridized carbons (Fsp3) is 0.100. The van der Waals surface area contributed by atoms with Crippen LogP contribution in [0, 0.1) is 5.82 Å². The van der Waals surface area contributed by atoms with Gasteiger partial charge >= 0.3 is 0 Å². The van der Waals surface area contributed by atoms with Crippen LogP contribution in [0.15, 0.2) is 47.4 Å². The molecule has 0 radical (unpaired) electrons. The largest absolute Gasteiger partial charge is 0.507 e. The van der Waals surface area contributed by atoms with Gasteiger partial charge in [0.2, 0.25) is 5.78 Å². The van der Waals surface area contributed by atoms with Gasteiger partial charge in [0.15, 0.2) is 9.84 Å². The number of halogens is 3. The number of fused-ring (bicyclic) bond motifs is 1. The van der Waals surface area contributed by atoms with E-state index in [1.54, 1.807) is 0 Å². The normalized spacial score (nSPS) is 18.6. The van der Waals surface area contributed by atoms with E-state index in [0.717, 1.165) is 54.0 Å². The van der Waals surface area contributed by atoms with Crippen LogP contribution in [-0.2, 0) is 20.3 Å². The van der Waals surface area contributed by atoms with Crippen molar-refractivity contribution in [3.8, 4) is 16.9 Å². The smallest absolute Gasteiger partial charge is 0.275 e. The molecule has 31 heavy (non-hydrogen) atoms. The highest BCUT2D eigenvalue weighted by molar-refractivity contribution is 7.90. The van der Waals surface area contributed by atoms with Crippen LogP contribution in [0.5, 0.6) is 5.75 Å². The van der Waals surface area contributed by atoms with Crippen LogP contribution in [0.4, 0.5) is 13.8 Å². The van der Waals surface area contributed by atoms with Crippen molar-refractivity contribution in [2.45, 2.75) is 10.6 Å².